The van der Waals surface area contributed by atoms with Crippen LogP contribution in [0.4, 0.5) is 5.82 Å². The summed E-state index contributed by atoms with van der Waals surface area (Å²) in [6.45, 7) is 5.56. The van der Waals surface area contributed by atoms with Crippen molar-refractivity contribution < 1.29 is 0 Å². The summed E-state index contributed by atoms with van der Waals surface area (Å²) >= 11 is 0. The molecule has 1 aliphatic rings. The molecule has 0 spiro atoms. The van der Waals surface area contributed by atoms with E-state index in [1.54, 1.807) is 0 Å². The maximum Gasteiger partial charge on any atom is 0.147 e. The van der Waals surface area contributed by atoms with Gasteiger partial charge in [-0.1, -0.05) is 18.6 Å². The summed E-state index contributed by atoms with van der Waals surface area (Å²) in [5.41, 5.74) is 0. The molecule has 2 rings (SSSR count). The first-order valence-corrected chi connectivity index (χ1v) is 6.64. The van der Waals surface area contributed by atoms with Crippen molar-refractivity contribution in [1.29, 1.82) is 0 Å². The van der Waals surface area contributed by atoms with E-state index in [1.165, 1.54) is 25.7 Å². The van der Waals surface area contributed by atoms with Gasteiger partial charge in [-0.3, -0.25) is 0 Å². The van der Waals surface area contributed by atoms with Crippen LogP contribution in [0.5, 0.6) is 0 Å². The van der Waals surface area contributed by atoms with Crippen molar-refractivity contribution in [2.24, 2.45) is 7.05 Å². The van der Waals surface area contributed by atoms with Crippen LogP contribution in [0.25, 0.3) is 0 Å². The Morgan fingerprint density at radius 2 is 2.47 bits per heavy atom. The van der Waals surface area contributed by atoms with E-state index in [9.17, 15) is 0 Å². The van der Waals surface area contributed by atoms with Gasteiger partial charge in [-0.05, 0) is 25.8 Å². The van der Waals surface area contributed by atoms with Crippen molar-refractivity contribution in [2.45, 2.75) is 38.6 Å². The molecule has 0 amide bonds. The molecule has 0 aromatic carbocycles. The van der Waals surface area contributed by atoms with Gasteiger partial charge in [0.2, 0.25) is 0 Å². The van der Waals surface area contributed by atoms with Crippen molar-refractivity contribution in [3.05, 3.63) is 6.20 Å². The van der Waals surface area contributed by atoms with Crippen LogP contribution in [0.15, 0.2) is 6.20 Å². The SMILES string of the molecule is CCCCN(CC1CCCN1)c1cnnn1C. The maximum absolute atomic E-state index is 4.02. The number of unbranched alkanes of at least 4 members (excludes halogenated alkanes) is 1. The van der Waals surface area contributed by atoms with Crippen LogP contribution < -0.4 is 10.2 Å². The molecular weight excluding hydrogens is 214 g/mol. The Labute approximate surface area is 103 Å². The number of aromatic nitrogens is 3. The molecule has 1 aromatic rings. The van der Waals surface area contributed by atoms with Gasteiger partial charge < -0.3 is 10.2 Å². The van der Waals surface area contributed by atoms with E-state index in [0.717, 1.165) is 25.5 Å². The summed E-state index contributed by atoms with van der Waals surface area (Å²) in [6.07, 6.45) is 6.90. The Hall–Kier alpha value is -1.10. The van der Waals surface area contributed by atoms with Gasteiger partial charge in [0.1, 0.15) is 5.82 Å². The van der Waals surface area contributed by atoms with Crippen LogP contribution in [0, 0.1) is 0 Å². The van der Waals surface area contributed by atoms with Gasteiger partial charge in [-0.2, -0.15) is 0 Å². The van der Waals surface area contributed by atoms with E-state index in [-0.39, 0.29) is 0 Å². The molecule has 17 heavy (non-hydrogen) atoms. The standard InChI is InChI=1S/C12H23N5/c1-3-4-8-17(10-11-6-5-7-13-11)12-9-14-15-16(12)2/h9,11,13H,3-8,10H2,1-2H3. The predicted molar refractivity (Wildman–Crippen MR) is 69.1 cm³/mol. The molecule has 0 bridgehead atoms. The average Bonchev–Trinajstić information content (AvgIpc) is 2.95. The predicted octanol–water partition coefficient (Wildman–Crippen LogP) is 1.17. The van der Waals surface area contributed by atoms with Crippen LogP contribution >= 0.6 is 0 Å². The third-order valence-corrected chi connectivity index (χ3v) is 3.40. The fraction of sp³-hybridized carbons (Fsp3) is 0.833. The molecule has 1 atom stereocenters. The number of aryl methyl sites for hydroxylation is 1. The minimum atomic E-state index is 0.627. The highest BCUT2D eigenvalue weighted by Crippen LogP contribution is 2.15. The number of anilines is 1. The van der Waals surface area contributed by atoms with Gasteiger partial charge in [0.25, 0.3) is 0 Å². The van der Waals surface area contributed by atoms with Crippen molar-refractivity contribution in [1.82, 2.24) is 20.3 Å². The number of hydrogen-bond acceptors (Lipinski definition) is 4. The Morgan fingerprint density at radius 1 is 1.59 bits per heavy atom. The molecule has 2 heterocycles. The Balaban J connectivity index is 1.99. The molecule has 0 aliphatic carbocycles. The smallest absolute Gasteiger partial charge is 0.147 e. The van der Waals surface area contributed by atoms with Crippen LogP contribution in [0.3, 0.4) is 0 Å². The van der Waals surface area contributed by atoms with Crippen molar-refractivity contribution >= 4 is 5.82 Å². The molecule has 1 saturated heterocycles. The fourth-order valence-corrected chi connectivity index (χ4v) is 2.40. The zero-order valence-electron chi connectivity index (χ0n) is 10.9. The summed E-state index contributed by atoms with van der Waals surface area (Å²) in [7, 11) is 1.96. The summed E-state index contributed by atoms with van der Waals surface area (Å²) in [5.74, 6) is 1.13. The van der Waals surface area contributed by atoms with Gasteiger partial charge in [0, 0.05) is 26.2 Å². The molecule has 5 nitrogen and oxygen atoms in total. The summed E-state index contributed by atoms with van der Waals surface area (Å²) in [6, 6.07) is 0.627. The molecule has 0 saturated carbocycles. The average molecular weight is 237 g/mol. The van der Waals surface area contributed by atoms with Crippen molar-refractivity contribution in [2.75, 3.05) is 24.5 Å². The Kier molecular flexibility index (Phi) is 4.36. The highest BCUT2D eigenvalue weighted by atomic mass is 15.5. The van der Waals surface area contributed by atoms with Crippen LogP contribution in [-0.2, 0) is 7.05 Å². The molecule has 1 N–H and O–H groups in total. The van der Waals surface area contributed by atoms with Crippen molar-refractivity contribution in [3.8, 4) is 0 Å². The molecule has 5 heteroatoms. The summed E-state index contributed by atoms with van der Waals surface area (Å²) in [4.78, 5) is 2.41. The first kappa shape index (κ1) is 12.4. The Morgan fingerprint density at radius 3 is 3.06 bits per heavy atom. The van der Waals surface area contributed by atoms with Crippen molar-refractivity contribution in [3.63, 3.8) is 0 Å². The van der Waals surface area contributed by atoms with E-state index in [2.05, 4.69) is 27.5 Å². The highest BCUT2D eigenvalue weighted by molar-refractivity contribution is 5.36. The highest BCUT2D eigenvalue weighted by Gasteiger charge is 2.19. The lowest BCUT2D eigenvalue weighted by Gasteiger charge is -2.26. The third-order valence-electron chi connectivity index (χ3n) is 3.40. The molecule has 96 valence electrons. The summed E-state index contributed by atoms with van der Waals surface area (Å²) < 4.78 is 1.87. The largest absolute Gasteiger partial charge is 0.354 e. The molecule has 1 unspecified atom stereocenters. The van der Waals surface area contributed by atoms with Gasteiger partial charge >= 0.3 is 0 Å². The van der Waals surface area contributed by atoms with E-state index < -0.39 is 0 Å². The van der Waals surface area contributed by atoms with Gasteiger partial charge in [-0.15, -0.1) is 5.10 Å². The van der Waals surface area contributed by atoms with E-state index >= 15 is 0 Å². The van der Waals surface area contributed by atoms with Crippen LogP contribution in [0.2, 0.25) is 0 Å². The number of nitrogens with zero attached hydrogens (tertiary/aromatic N) is 4. The minimum Gasteiger partial charge on any atom is -0.354 e. The van der Waals surface area contributed by atoms with Crippen LogP contribution in [-0.4, -0.2) is 40.7 Å². The van der Waals surface area contributed by atoms with E-state index in [4.69, 9.17) is 0 Å². The molecular formula is C12H23N5. The summed E-state index contributed by atoms with van der Waals surface area (Å²) in [5, 5.41) is 11.6. The van der Waals surface area contributed by atoms with E-state index in [1.807, 2.05) is 17.9 Å². The molecule has 1 fully saturated rings. The molecule has 1 aromatic heterocycles. The first-order chi connectivity index (χ1) is 8.31. The minimum absolute atomic E-state index is 0.627. The third kappa shape index (κ3) is 3.19. The zero-order chi connectivity index (χ0) is 12.1. The second kappa shape index (κ2) is 6.00. The number of nitrogens with one attached hydrogen (secondary N) is 1. The monoisotopic (exact) mass is 237 g/mol. The van der Waals surface area contributed by atoms with Gasteiger partial charge in [0.05, 0.1) is 6.20 Å². The quantitative estimate of drug-likeness (QED) is 0.807. The van der Waals surface area contributed by atoms with Crippen LogP contribution in [0.1, 0.15) is 32.6 Å². The second-order valence-electron chi connectivity index (χ2n) is 4.81. The van der Waals surface area contributed by atoms with Gasteiger partial charge in [-0.25, -0.2) is 4.68 Å². The lowest BCUT2D eigenvalue weighted by molar-refractivity contribution is 0.559. The molecule has 0 radical (unpaired) electrons. The zero-order valence-corrected chi connectivity index (χ0v) is 10.9. The topological polar surface area (TPSA) is 46.0 Å². The lowest BCUT2D eigenvalue weighted by Crippen LogP contribution is -2.39. The number of hydrogen-bond donors (Lipinski definition) is 1. The van der Waals surface area contributed by atoms with E-state index in [0.29, 0.717) is 6.04 Å². The Bertz CT molecular complexity index is 329. The lowest BCUT2D eigenvalue weighted by atomic mass is 10.2. The maximum atomic E-state index is 4.02. The normalized spacial score (nSPS) is 19.8. The van der Waals surface area contributed by atoms with Gasteiger partial charge in [0.15, 0.2) is 0 Å². The first-order valence-electron chi connectivity index (χ1n) is 6.64. The molecule has 1 aliphatic heterocycles. The fourth-order valence-electron chi connectivity index (χ4n) is 2.40. The number of rotatable bonds is 6. The second-order valence-corrected chi connectivity index (χ2v) is 4.81.